The largest absolute Gasteiger partial charge is 0.454 e. The third-order valence-electron chi connectivity index (χ3n) is 2.91. The second-order valence-corrected chi connectivity index (χ2v) is 4.99. The standard InChI is InChI=1S/C12H16NO3P/c1-2-9(14)12(17-13)6-8-3-4-10-11(5-8)16-7-15-10/h3-5,9,12-14H,2,6-7H2,1H3. The summed E-state index contributed by atoms with van der Waals surface area (Å²) in [5, 5.41) is 17.2. The monoisotopic (exact) mass is 253 g/mol. The van der Waals surface area contributed by atoms with E-state index in [1.807, 2.05) is 25.1 Å². The predicted molar refractivity (Wildman–Crippen MR) is 66.0 cm³/mol. The first kappa shape index (κ1) is 12.3. The Bertz CT molecular complexity index is 411. The first-order valence-corrected chi connectivity index (χ1v) is 6.64. The van der Waals surface area contributed by atoms with Gasteiger partial charge in [0.1, 0.15) is 0 Å². The van der Waals surface area contributed by atoms with Crippen molar-refractivity contribution in [3.8, 4) is 11.5 Å². The molecule has 1 aliphatic rings. The van der Waals surface area contributed by atoms with Crippen LogP contribution >= 0.6 is 8.37 Å². The summed E-state index contributed by atoms with van der Waals surface area (Å²) in [6.07, 6.45) is 0.956. The second kappa shape index (κ2) is 5.48. The smallest absolute Gasteiger partial charge is 0.231 e. The second-order valence-electron chi connectivity index (χ2n) is 4.06. The molecule has 4 nitrogen and oxygen atoms in total. The van der Waals surface area contributed by atoms with Gasteiger partial charge in [0.15, 0.2) is 11.5 Å². The van der Waals surface area contributed by atoms with Gasteiger partial charge in [-0.05, 0) is 30.5 Å². The summed E-state index contributed by atoms with van der Waals surface area (Å²) in [6, 6.07) is 5.78. The Morgan fingerprint density at radius 1 is 1.41 bits per heavy atom. The Hall–Kier alpha value is -1.12. The van der Waals surface area contributed by atoms with Crippen molar-refractivity contribution in [1.29, 1.82) is 5.16 Å². The number of fused-ring (bicyclic) bond motifs is 1. The fourth-order valence-electron chi connectivity index (χ4n) is 1.85. The molecule has 2 atom stereocenters. The van der Waals surface area contributed by atoms with Crippen LogP contribution in [0.2, 0.25) is 0 Å². The summed E-state index contributed by atoms with van der Waals surface area (Å²) in [5.41, 5.74) is 1.03. The molecule has 0 bridgehead atoms. The van der Waals surface area contributed by atoms with Crippen LogP contribution < -0.4 is 9.47 Å². The molecule has 0 amide bonds. The van der Waals surface area contributed by atoms with Gasteiger partial charge in [0.25, 0.3) is 0 Å². The van der Waals surface area contributed by atoms with E-state index in [1.165, 1.54) is 0 Å². The first-order valence-electron chi connectivity index (χ1n) is 5.67. The van der Waals surface area contributed by atoms with Crippen LogP contribution in [-0.2, 0) is 6.42 Å². The third-order valence-corrected chi connectivity index (χ3v) is 3.77. The minimum absolute atomic E-state index is 0.0413. The van der Waals surface area contributed by atoms with Crippen molar-refractivity contribution >= 4 is 8.37 Å². The van der Waals surface area contributed by atoms with E-state index in [4.69, 9.17) is 14.6 Å². The van der Waals surface area contributed by atoms with Crippen LogP contribution in [0, 0.1) is 5.16 Å². The normalized spacial score (nSPS) is 17.1. The number of hydrogen-bond donors (Lipinski definition) is 2. The fourth-order valence-corrected chi connectivity index (χ4v) is 2.53. The fraction of sp³-hybridized carbons (Fsp3) is 0.500. The van der Waals surface area contributed by atoms with Gasteiger partial charge < -0.3 is 14.6 Å². The average Bonchev–Trinajstić information content (AvgIpc) is 2.82. The first-order chi connectivity index (χ1) is 8.24. The number of nitrogens with one attached hydrogen (secondary N) is 1. The Kier molecular flexibility index (Phi) is 3.97. The summed E-state index contributed by atoms with van der Waals surface area (Å²) in [5.74, 6) is 1.53. The molecule has 0 aromatic heterocycles. The van der Waals surface area contributed by atoms with E-state index in [-0.39, 0.29) is 12.5 Å². The molecule has 2 N–H and O–H groups in total. The summed E-state index contributed by atoms with van der Waals surface area (Å²) >= 11 is 0. The molecule has 0 saturated carbocycles. The van der Waals surface area contributed by atoms with Crippen LogP contribution in [0.15, 0.2) is 18.2 Å². The molecule has 92 valence electrons. The van der Waals surface area contributed by atoms with Crippen LogP contribution in [0.5, 0.6) is 11.5 Å². The molecule has 1 aromatic carbocycles. The molecule has 1 aromatic rings. The average molecular weight is 253 g/mol. The highest BCUT2D eigenvalue weighted by atomic mass is 31.1. The van der Waals surface area contributed by atoms with Gasteiger partial charge >= 0.3 is 0 Å². The van der Waals surface area contributed by atoms with E-state index < -0.39 is 6.10 Å². The summed E-state index contributed by atoms with van der Waals surface area (Å²) in [6.45, 7) is 2.21. The topological polar surface area (TPSA) is 62.5 Å². The van der Waals surface area contributed by atoms with Crippen LogP contribution in [0.25, 0.3) is 0 Å². The van der Waals surface area contributed by atoms with Crippen LogP contribution in [-0.4, -0.2) is 23.7 Å². The molecule has 5 heteroatoms. The van der Waals surface area contributed by atoms with Gasteiger partial charge in [0, 0.05) is 14.0 Å². The Morgan fingerprint density at radius 2 is 2.18 bits per heavy atom. The van der Waals surface area contributed by atoms with Crippen molar-refractivity contribution in [2.24, 2.45) is 0 Å². The SMILES string of the molecule is CCC(O)C(Cc1ccc2c(c1)OCO2)P=N. The molecule has 2 rings (SSSR count). The van der Waals surface area contributed by atoms with Gasteiger partial charge in [-0.25, -0.2) is 0 Å². The summed E-state index contributed by atoms with van der Waals surface area (Å²) < 4.78 is 10.6. The van der Waals surface area contributed by atoms with E-state index >= 15 is 0 Å². The van der Waals surface area contributed by atoms with Crippen molar-refractivity contribution in [2.75, 3.05) is 6.79 Å². The number of benzene rings is 1. The number of ether oxygens (including phenoxy) is 2. The maximum absolute atomic E-state index is 9.79. The lowest BCUT2D eigenvalue weighted by Gasteiger charge is -2.16. The minimum atomic E-state index is -0.417. The van der Waals surface area contributed by atoms with Crippen molar-refractivity contribution in [2.45, 2.75) is 31.5 Å². The van der Waals surface area contributed by atoms with Crippen molar-refractivity contribution in [3.63, 3.8) is 0 Å². The lowest BCUT2D eigenvalue weighted by atomic mass is 10.0. The number of aliphatic hydroxyl groups is 1. The highest BCUT2D eigenvalue weighted by molar-refractivity contribution is 7.26. The lowest BCUT2D eigenvalue weighted by molar-refractivity contribution is 0.165. The van der Waals surface area contributed by atoms with Gasteiger partial charge in [-0.1, -0.05) is 13.0 Å². The van der Waals surface area contributed by atoms with Crippen LogP contribution in [0.3, 0.4) is 0 Å². The Morgan fingerprint density at radius 3 is 2.88 bits per heavy atom. The molecule has 17 heavy (non-hydrogen) atoms. The molecular weight excluding hydrogens is 237 g/mol. The highest BCUT2D eigenvalue weighted by Gasteiger charge is 2.19. The molecule has 2 unspecified atom stereocenters. The number of hydrogen-bond acceptors (Lipinski definition) is 4. The zero-order valence-electron chi connectivity index (χ0n) is 9.72. The minimum Gasteiger partial charge on any atom is -0.454 e. The van der Waals surface area contributed by atoms with E-state index in [2.05, 4.69) is 0 Å². The zero-order chi connectivity index (χ0) is 12.3. The van der Waals surface area contributed by atoms with Crippen molar-refractivity contribution in [3.05, 3.63) is 23.8 Å². The zero-order valence-corrected chi connectivity index (χ0v) is 10.6. The molecule has 0 radical (unpaired) electrons. The summed E-state index contributed by atoms with van der Waals surface area (Å²) in [7, 11) is 0.479. The third kappa shape index (κ3) is 2.76. The van der Waals surface area contributed by atoms with E-state index in [1.54, 1.807) is 0 Å². The van der Waals surface area contributed by atoms with Crippen LogP contribution in [0.4, 0.5) is 0 Å². The maximum Gasteiger partial charge on any atom is 0.231 e. The molecule has 1 heterocycles. The van der Waals surface area contributed by atoms with E-state index in [0.717, 1.165) is 17.1 Å². The van der Waals surface area contributed by atoms with Gasteiger partial charge in [0.2, 0.25) is 6.79 Å². The van der Waals surface area contributed by atoms with Crippen molar-refractivity contribution < 1.29 is 14.6 Å². The maximum atomic E-state index is 9.79. The molecular formula is C12H16NO3P. The molecule has 0 saturated heterocycles. The van der Waals surface area contributed by atoms with Gasteiger partial charge in [-0.3, -0.25) is 5.16 Å². The lowest BCUT2D eigenvalue weighted by Crippen LogP contribution is -2.22. The molecule has 0 fully saturated rings. The number of aliphatic hydroxyl groups excluding tert-OH is 1. The van der Waals surface area contributed by atoms with E-state index in [9.17, 15) is 5.11 Å². The highest BCUT2D eigenvalue weighted by Crippen LogP contribution is 2.33. The van der Waals surface area contributed by atoms with Gasteiger partial charge in [0.05, 0.1) is 6.10 Å². The van der Waals surface area contributed by atoms with E-state index in [0.29, 0.717) is 21.2 Å². The molecule has 1 aliphatic heterocycles. The van der Waals surface area contributed by atoms with Crippen LogP contribution in [0.1, 0.15) is 18.9 Å². The molecule has 0 aliphatic carbocycles. The summed E-state index contributed by atoms with van der Waals surface area (Å²) in [4.78, 5) is 0. The molecule has 0 spiro atoms. The van der Waals surface area contributed by atoms with Crippen molar-refractivity contribution in [1.82, 2.24) is 0 Å². The van der Waals surface area contributed by atoms with Gasteiger partial charge in [-0.15, -0.1) is 0 Å². The Labute approximate surface area is 102 Å². The number of rotatable bonds is 5. The van der Waals surface area contributed by atoms with Gasteiger partial charge in [-0.2, -0.15) is 0 Å². The Balaban J connectivity index is 2.10. The predicted octanol–water partition coefficient (Wildman–Crippen LogP) is 2.81. The quantitative estimate of drug-likeness (QED) is 0.793.